The summed E-state index contributed by atoms with van der Waals surface area (Å²) >= 11 is 0. The van der Waals surface area contributed by atoms with E-state index in [-0.39, 0.29) is 6.04 Å². The molecule has 20 heavy (non-hydrogen) atoms. The number of hydrogen-bond acceptors (Lipinski definition) is 4. The smallest absolute Gasteiger partial charge is 0.129 e. The van der Waals surface area contributed by atoms with Gasteiger partial charge in [0.05, 0.1) is 12.6 Å². The van der Waals surface area contributed by atoms with Crippen LogP contribution in [0.4, 0.5) is 0 Å². The summed E-state index contributed by atoms with van der Waals surface area (Å²) in [5.74, 6) is 2.59. The van der Waals surface area contributed by atoms with Gasteiger partial charge in [-0.05, 0) is 43.8 Å². The maximum absolute atomic E-state index is 5.79. The zero-order valence-electron chi connectivity index (χ0n) is 12.2. The van der Waals surface area contributed by atoms with Crippen molar-refractivity contribution < 1.29 is 13.9 Å². The van der Waals surface area contributed by atoms with E-state index < -0.39 is 0 Å². The molecule has 2 rings (SSSR count). The molecule has 0 aliphatic rings. The van der Waals surface area contributed by atoms with Crippen molar-refractivity contribution >= 4 is 0 Å². The first-order chi connectivity index (χ1) is 9.78. The Morgan fingerprint density at radius 1 is 1.15 bits per heavy atom. The molecule has 0 saturated carbocycles. The van der Waals surface area contributed by atoms with Crippen LogP contribution in [0.15, 0.2) is 40.8 Å². The van der Waals surface area contributed by atoms with E-state index >= 15 is 0 Å². The number of nitrogens with one attached hydrogen (secondary N) is 1. The predicted molar refractivity (Wildman–Crippen MR) is 77.9 cm³/mol. The Morgan fingerprint density at radius 3 is 2.50 bits per heavy atom. The van der Waals surface area contributed by atoms with Crippen molar-refractivity contribution in [2.75, 3.05) is 20.8 Å². The molecule has 0 aliphatic heterocycles. The van der Waals surface area contributed by atoms with Crippen molar-refractivity contribution in [1.82, 2.24) is 5.32 Å². The van der Waals surface area contributed by atoms with E-state index in [0.717, 1.165) is 22.8 Å². The predicted octanol–water partition coefficient (Wildman–Crippen LogP) is 3.13. The van der Waals surface area contributed by atoms with Crippen molar-refractivity contribution in [2.24, 2.45) is 0 Å². The molecule has 1 aromatic carbocycles. The third kappa shape index (κ3) is 3.40. The normalized spacial score (nSPS) is 12.3. The van der Waals surface area contributed by atoms with Crippen LogP contribution in [-0.4, -0.2) is 20.8 Å². The highest BCUT2D eigenvalue weighted by molar-refractivity contribution is 5.33. The minimum atomic E-state index is 0.0243. The van der Waals surface area contributed by atoms with Gasteiger partial charge in [0.15, 0.2) is 0 Å². The van der Waals surface area contributed by atoms with Crippen molar-refractivity contribution in [3.63, 3.8) is 0 Å². The van der Waals surface area contributed by atoms with Crippen LogP contribution in [0.5, 0.6) is 5.75 Å². The minimum Gasteiger partial charge on any atom is -0.494 e. The Morgan fingerprint density at radius 2 is 1.90 bits per heavy atom. The lowest BCUT2D eigenvalue weighted by Crippen LogP contribution is -2.16. The zero-order chi connectivity index (χ0) is 14.4. The third-order valence-corrected chi connectivity index (χ3v) is 3.07. The van der Waals surface area contributed by atoms with Crippen LogP contribution in [-0.2, 0) is 11.3 Å². The number of ether oxygens (including phenoxy) is 2. The minimum absolute atomic E-state index is 0.0243. The summed E-state index contributed by atoms with van der Waals surface area (Å²) in [6.07, 6.45) is 0. The van der Waals surface area contributed by atoms with E-state index in [2.05, 4.69) is 5.32 Å². The summed E-state index contributed by atoms with van der Waals surface area (Å²) < 4.78 is 16.3. The van der Waals surface area contributed by atoms with Crippen LogP contribution < -0.4 is 10.1 Å². The van der Waals surface area contributed by atoms with Gasteiger partial charge in [-0.15, -0.1) is 0 Å². The fourth-order valence-corrected chi connectivity index (χ4v) is 2.17. The van der Waals surface area contributed by atoms with E-state index in [9.17, 15) is 0 Å². The summed E-state index contributed by atoms with van der Waals surface area (Å²) in [4.78, 5) is 0. The number of benzene rings is 1. The molecule has 1 heterocycles. The molecule has 2 aromatic rings. The molecule has 1 N–H and O–H groups in total. The van der Waals surface area contributed by atoms with Gasteiger partial charge in [-0.1, -0.05) is 12.1 Å². The Kier molecular flexibility index (Phi) is 5.21. The van der Waals surface area contributed by atoms with Gasteiger partial charge in [-0.3, -0.25) is 0 Å². The molecule has 0 amide bonds. The van der Waals surface area contributed by atoms with E-state index in [0.29, 0.717) is 13.2 Å². The van der Waals surface area contributed by atoms with Crippen LogP contribution in [0, 0.1) is 0 Å². The van der Waals surface area contributed by atoms with Crippen molar-refractivity contribution in [1.29, 1.82) is 0 Å². The first-order valence-electron chi connectivity index (χ1n) is 6.76. The molecular formula is C16H21NO3. The van der Waals surface area contributed by atoms with Gasteiger partial charge in [0.1, 0.15) is 23.9 Å². The highest BCUT2D eigenvalue weighted by Crippen LogP contribution is 2.25. The summed E-state index contributed by atoms with van der Waals surface area (Å²) in [5, 5.41) is 3.27. The molecule has 0 saturated heterocycles. The molecule has 0 fully saturated rings. The van der Waals surface area contributed by atoms with E-state index in [1.165, 1.54) is 0 Å². The number of rotatable bonds is 7. The van der Waals surface area contributed by atoms with E-state index in [4.69, 9.17) is 13.9 Å². The zero-order valence-corrected chi connectivity index (χ0v) is 12.2. The van der Waals surface area contributed by atoms with Crippen molar-refractivity contribution in [2.45, 2.75) is 19.6 Å². The second kappa shape index (κ2) is 7.12. The Balaban J connectivity index is 2.17. The van der Waals surface area contributed by atoms with Crippen molar-refractivity contribution in [3.05, 3.63) is 53.5 Å². The first-order valence-corrected chi connectivity index (χ1v) is 6.76. The molecule has 1 atom stereocenters. The fourth-order valence-electron chi connectivity index (χ4n) is 2.17. The van der Waals surface area contributed by atoms with Crippen LogP contribution >= 0.6 is 0 Å². The second-order valence-electron chi connectivity index (χ2n) is 4.46. The van der Waals surface area contributed by atoms with Gasteiger partial charge in [-0.25, -0.2) is 0 Å². The number of methoxy groups -OCH3 is 1. The number of furan rings is 1. The van der Waals surface area contributed by atoms with Gasteiger partial charge in [0, 0.05) is 7.11 Å². The average molecular weight is 275 g/mol. The highest BCUT2D eigenvalue weighted by atomic mass is 16.5. The lowest BCUT2D eigenvalue weighted by Gasteiger charge is -2.14. The molecule has 4 heteroatoms. The van der Waals surface area contributed by atoms with E-state index in [1.54, 1.807) is 7.11 Å². The van der Waals surface area contributed by atoms with Crippen LogP contribution in [0.1, 0.15) is 30.0 Å². The molecule has 1 aromatic heterocycles. The summed E-state index contributed by atoms with van der Waals surface area (Å²) in [6, 6.07) is 12.0. The topological polar surface area (TPSA) is 43.6 Å². The SMILES string of the molecule is CCOc1ccc(C(NC)c2ccc(COC)o2)cc1. The van der Waals surface area contributed by atoms with Gasteiger partial charge >= 0.3 is 0 Å². The Hall–Kier alpha value is -1.78. The van der Waals surface area contributed by atoms with Crippen LogP contribution in [0.25, 0.3) is 0 Å². The molecule has 0 bridgehead atoms. The third-order valence-electron chi connectivity index (χ3n) is 3.07. The van der Waals surface area contributed by atoms with E-state index in [1.807, 2.05) is 50.4 Å². The molecular weight excluding hydrogens is 254 g/mol. The van der Waals surface area contributed by atoms with Gasteiger partial charge < -0.3 is 19.2 Å². The van der Waals surface area contributed by atoms with Crippen molar-refractivity contribution in [3.8, 4) is 5.75 Å². The molecule has 0 radical (unpaired) electrons. The fraction of sp³-hybridized carbons (Fsp3) is 0.375. The molecule has 1 unspecified atom stereocenters. The van der Waals surface area contributed by atoms with Crippen LogP contribution in [0.3, 0.4) is 0 Å². The maximum Gasteiger partial charge on any atom is 0.129 e. The van der Waals surface area contributed by atoms with Crippen LogP contribution in [0.2, 0.25) is 0 Å². The second-order valence-corrected chi connectivity index (χ2v) is 4.46. The summed E-state index contributed by atoms with van der Waals surface area (Å²) in [5.41, 5.74) is 1.13. The average Bonchev–Trinajstić information content (AvgIpc) is 2.91. The monoisotopic (exact) mass is 275 g/mol. The first kappa shape index (κ1) is 14.6. The van der Waals surface area contributed by atoms with Gasteiger partial charge in [-0.2, -0.15) is 0 Å². The highest BCUT2D eigenvalue weighted by Gasteiger charge is 2.16. The molecule has 0 spiro atoms. The largest absolute Gasteiger partial charge is 0.494 e. The molecule has 108 valence electrons. The quantitative estimate of drug-likeness (QED) is 0.843. The Labute approximate surface area is 119 Å². The lowest BCUT2D eigenvalue weighted by molar-refractivity contribution is 0.162. The standard InChI is InChI=1S/C16H21NO3/c1-4-19-13-7-5-12(6-8-13)16(17-2)15-10-9-14(20-15)11-18-3/h5-10,16-17H,4,11H2,1-3H3. The molecule has 4 nitrogen and oxygen atoms in total. The van der Waals surface area contributed by atoms with Gasteiger partial charge in [0.2, 0.25) is 0 Å². The Bertz CT molecular complexity index is 519. The number of hydrogen-bond donors (Lipinski definition) is 1. The van der Waals surface area contributed by atoms with Gasteiger partial charge in [0.25, 0.3) is 0 Å². The summed E-state index contributed by atoms with van der Waals surface area (Å²) in [7, 11) is 3.57. The summed E-state index contributed by atoms with van der Waals surface area (Å²) in [6.45, 7) is 3.14. The molecule has 0 aliphatic carbocycles. The lowest BCUT2D eigenvalue weighted by atomic mass is 10.0. The maximum atomic E-state index is 5.79.